The van der Waals surface area contributed by atoms with E-state index >= 15 is 0 Å². The van der Waals surface area contributed by atoms with Gasteiger partial charge in [-0.1, -0.05) is 12.8 Å². The van der Waals surface area contributed by atoms with Crippen LogP contribution in [0.1, 0.15) is 41.9 Å². The minimum atomic E-state index is -0.477. The molecular weight excluding hydrogens is 218 g/mol. The number of nitriles is 1. The lowest BCUT2D eigenvalue weighted by Gasteiger charge is -2.27. The third kappa shape index (κ3) is 2.32. The molecule has 5 nitrogen and oxygen atoms in total. The van der Waals surface area contributed by atoms with Crippen molar-refractivity contribution in [3.05, 3.63) is 23.5 Å². The van der Waals surface area contributed by atoms with Crippen LogP contribution in [0.25, 0.3) is 0 Å². The van der Waals surface area contributed by atoms with Crippen LogP contribution in [0.4, 0.5) is 0 Å². The van der Waals surface area contributed by atoms with E-state index in [1.54, 1.807) is 12.1 Å². The Labute approximate surface area is 99.5 Å². The summed E-state index contributed by atoms with van der Waals surface area (Å²) in [4.78, 5) is 14.7. The number of carbonyl (C=O) groups excluding carboxylic acids is 1. The Bertz CT molecular complexity index is 453. The summed E-state index contributed by atoms with van der Waals surface area (Å²) in [6.45, 7) is -0.0371. The van der Waals surface area contributed by atoms with E-state index in [1.807, 2.05) is 6.07 Å². The van der Waals surface area contributed by atoms with Gasteiger partial charge in [0.15, 0.2) is 0 Å². The number of amides is 1. The molecule has 0 unspecified atom stereocenters. The third-order valence-corrected chi connectivity index (χ3v) is 3.29. The summed E-state index contributed by atoms with van der Waals surface area (Å²) in [5.74, 6) is -0.262. The van der Waals surface area contributed by atoms with Crippen molar-refractivity contribution >= 4 is 5.91 Å². The van der Waals surface area contributed by atoms with Gasteiger partial charge in [0.05, 0.1) is 12.1 Å². The van der Waals surface area contributed by atoms with E-state index in [0.29, 0.717) is 11.4 Å². The zero-order chi connectivity index (χ0) is 12.3. The van der Waals surface area contributed by atoms with Gasteiger partial charge in [-0.25, -0.2) is 0 Å². The molecule has 17 heavy (non-hydrogen) atoms. The van der Waals surface area contributed by atoms with Gasteiger partial charge < -0.3 is 15.4 Å². The lowest BCUT2D eigenvalue weighted by Crippen LogP contribution is -2.49. The van der Waals surface area contributed by atoms with Crippen molar-refractivity contribution in [3.8, 4) is 6.07 Å². The molecule has 5 heteroatoms. The predicted octanol–water partition coefficient (Wildman–Crippen LogP) is 0.921. The number of H-pyrrole nitrogens is 1. The second-order valence-electron chi connectivity index (χ2n) is 4.50. The monoisotopic (exact) mass is 233 g/mol. The molecule has 1 aromatic heterocycles. The summed E-state index contributed by atoms with van der Waals surface area (Å²) < 4.78 is 0. The topological polar surface area (TPSA) is 88.9 Å². The highest BCUT2D eigenvalue weighted by Crippen LogP contribution is 2.29. The number of aromatic amines is 1. The van der Waals surface area contributed by atoms with Crippen LogP contribution in [-0.4, -0.2) is 28.1 Å². The minimum absolute atomic E-state index is 0.0371. The number of carbonyl (C=O) groups is 1. The number of nitrogens with one attached hydrogen (secondary N) is 2. The molecule has 0 spiro atoms. The molecule has 1 fully saturated rings. The van der Waals surface area contributed by atoms with Crippen LogP contribution >= 0.6 is 0 Å². The quantitative estimate of drug-likeness (QED) is 0.725. The predicted molar refractivity (Wildman–Crippen MR) is 61.3 cm³/mol. The summed E-state index contributed by atoms with van der Waals surface area (Å²) >= 11 is 0. The third-order valence-electron chi connectivity index (χ3n) is 3.29. The number of hydrogen-bond acceptors (Lipinski definition) is 3. The van der Waals surface area contributed by atoms with Gasteiger partial charge in [0.25, 0.3) is 5.91 Å². The Kier molecular flexibility index (Phi) is 3.16. The largest absolute Gasteiger partial charge is 0.394 e. The summed E-state index contributed by atoms with van der Waals surface area (Å²) in [6, 6.07) is 5.08. The van der Waals surface area contributed by atoms with Crippen molar-refractivity contribution < 1.29 is 9.90 Å². The normalized spacial score (nSPS) is 17.6. The van der Waals surface area contributed by atoms with E-state index < -0.39 is 5.54 Å². The molecule has 3 N–H and O–H groups in total. The van der Waals surface area contributed by atoms with Gasteiger partial charge in [0.1, 0.15) is 17.5 Å². The number of aliphatic hydroxyl groups is 1. The number of nitrogens with zero attached hydrogens (tertiary/aromatic N) is 1. The second kappa shape index (κ2) is 4.60. The first-order valence-corrected chi connectivity index (χ1v) is 5.72. The van der Waals surface area contributed by atoms with Crippen molar-refractivity contribution in [2.24, 2.45) is 0 Å². The molecule has 1 aliphatic rings. The summed E-state index contributed by atoms with van der Waals surface area (Å²) in [5, 5.41) is 20.9. The molecule has 1 amide bonds. The lowest BCUT2D eigenvalue weighted by atomic mass is 9.99. The Hall–Kier alpha value is -1.80. The molecule has 2 rings (SSSR count). The van der Waals surface area contributed by atoms with Crippen LogP contribution in [0.2, 0.25) is 0 Å². The van der Waals surface area contributed by atoms with Crippen LogP contribution in [0, 0.1) is 11.3 Å². The van der Waals surface area contributed by atoms with Gasteiger partial charge in [-0.15, -0.1) is 0 Å². The molecule has 0 aromatic carbocycles. The van der Waals surface area contributed by atoms with Crippen LogP contribution in [0.3, 0.4) is 0 Å². The van der Waals surface area contributed by atoms with Crippen molar-refractivity contribution in [1.82, 2.24) is 10.3 Å². The maximum Gasteiger partial charge on any atom is 0.268 e. The Balaban J connectivity index is 2.08. The van der Waals surface area contributed by atoms with Crippen molar-refractivity contribution in [3.63, 3.8) is 0 Å². The molecule has 90 valence electrons. The zero-order valence-corrected chi connectivity index (χ0v) is 9.49. The molecule has 1 heterocycles. The number of aliphatic hydroxyl groups excluding tert-OH is 1. The first-order chi connectivity index (χ1) is 8.19. The number of rotatable bonds is 3. The molecule has 0 bridgehead atoms. The summed E-state index contributed by atoms with van der Waals surface area (Å²) in [6.07, 6.45) is 3.66. The molecule has 0 saturated heterocycles. The highest BCUT2D eigenvalue weighted by Gasteiger charge is 2.35. The minimum Gasteiger partial charge on any atom is -0.394 e. The van der Waals surface area contributed by atoms with E-state index in [2.05, 4.69) is 10.3 Å². The smallest absolute Gasteiger partial charge is 0.268 e. The van der Waals surface area contributed by atoms with E-state index in [-0.39, 0.29) is 12.5 Å². The average molecular weight is 233 g/mol. The Morgan fingerprint density at radius 3 is 2.76 bits per heavy atom. The number of aromatic nitrogens is 1. The van der Waals surface area contributed by atoms with Crippen molar-refractivity contribution in [1.29, 1.82) is 5.26 Å². The highest BCUT2D eigenvalue weighted by molar-refractivity contribution is 5.93. The van der Waals surface area contributed by atoms with E-state index in [9.17, 15) is 9.90 Å². The molecular formula is C12H15N3O2. The van der Waals surface area contributed by atoms with Crippen LogP contribution in [0.5, 0.6) is 0 Å². The van der Waals surface area contributed by atoms with Gasteiger partial charge in [0, 0.05) is 0 Å². The lowest BCUT2D eigenvalue weighted by molar-refractivity contribution is 0.0834. The fourth-order valence-electron chi connectivity index (χ4n) is 2.28. The Morgan fingerprint density at radius 2 is 2.24 bits per heavy atom. The first-order valence-electron chi connectivity index (χ1n) is 5.72. The first kappa shape index (κ1) is 11.7. The molecule has 1 aliphatic carbocycles. The van der Waals surface area contributed by atoms with Crippen molar-refractivity contribution in [2.75, 3.05) is 6.61 Å². The van der Waals surface area contributed by atoms with Crippen LogP contribution < -0.4 is 5.32 Å². The van der Waals surface area contributed by atoms with Crippen LogP contribution in [-0.2, 0) is 0 Å². The summed E-state index contributed by atoms with van der Waals surface area (Å²) in [5.41, 5.74) is 0.246. The highest BCUT2D eigenvalue weighted by atomic mass is 16.3. The van der Waals surface area contributed by atoms with Crippen molar-refractivity contribution in [2.45, 2.75) is 31.2 Å². The van der Waals surface area contributed by atoms with Gasteiger partial charge in [-0.3, -0.25) is 4.79 Å². The Morgan fingerprint density at radius 1 is 1.53 bits per heavy atom. The van der Waals surface area contributed by atoms with Gasteiger partial charge in [-0.05, 0) is 25.0 Å². The maximum absolute atomic E-state index is 11.9. The zero-order valence-electron chi connectivity index (χ0n) is 9.49. The van der Waals surface area contributed by atoms with Gasteiger partial charge in [0.2, 0.25) is 0 Å². The van der Waals surface area contributed by atoms with E-state index in [1.165, 1.54) is 0 Å². The fourth-order valence-corrected chi connectivity index (χ4v) is 2.28. The fraction of sp³-hybridized carbons (Fsp3) is 0.500. The second-order valence-corrected chi connectivity index (χ2v) is 4.50. The molecule has 0 aliphatic heterocycles. The maximum atomic E-state index is 11.9. The van der Waals surface area contributed by atoms with Crippen LogP contribution in [0.15, 0.2) is 12.1 Å². The number of hydrogen-bond donors (Lipinski definition) is 3. The SMILES string of the molecule is N#Cc1ccc(C(=O)NC2(CO)CCCC2)[nH]1. The molecule has 0 radical (unpaired) electrons. The molecule has 1 saturated carbocycles. The van der Waals surface area contributed by atoms with E-state index in [4.69, 9.17) is 5.26 Å². The summed E-state index contributed by atoms with van der Waals surface area (Å²) in [7, 11) is 0. The standard InChI is InChI=1S/C12H15N3O2/c13-7-9-3-4-10(14-9)11(17)15-12(8-16)5-1-2-6-12/h3-4,14,16H,1-2,5-6,8H2,(H,15,17). The van der Waals surface area contributed by atoms with Gasteiger partial charge >= 0.3 is 0 Å². The molecule has 1 aromatic rings. The van der Waals surface area contributed by atoms with Gasteiger partial charge in [-0.2, -0.15) is 5.26 Å². The van der Waals surface area contributed by atoms with E-state index in [0.717, 1.165) is 25.7 Å². The molecule has 0 atom stereocenters. The average Bonchev–Trinajstić information content (AvgIpc) is 2.97.